The first-order valence-corrected chi connectivity index (χ1v) is 3.31. The van der Waals surface area contributed by atoms with Crippen LogP contribution in [-0.4, -0.2) is 11.1 Å². The number of carbonyl (C=O) groups is 1. The van der Waals surface area contributed by atoms with E-state index in [9.17, 15) is 9.18 Å². The van der Waals surface area contributed by atoms with Crippen LogP contribution in [0.2, 0.25) is 0 Å². The van der Waals surface area contributed by atoms with Crippen molar-refractivity contribution in [3.8, 4) is 0 Å². The van der Waals surface area contributed by atoms with Gasteiger partial charge in [-0.05, 0) is 11.6 Å². The number of carboxylic acid groups (broad SMARTS) is 1. The lowest BCUT2D eigenvalue weighted by atomic mass is 10.1. The van der Waals surface area contributed by atoms with Crippen LogP contribution in [0.5, 0.6) is 0 Å². The molecule has 1 N–H and O–H groups in total. The molecule has 0 fully saturated rings. The van der Waals surface area contributed by atoms with Crippen LogP contribution in [0.4, 0.5) is 4.39 Å². The predicted octanol–water partition coefficient (Wildman–Crippen LogP) is 2.17. The van der Waals surface area contributed by atoms with Gasteiger partial charge in [-0.25, -0.2) is 9.18 Å². The number of carboxylic acids is 1. The Bertz CT molecular complexity index is 331. The highest BCUT2D eigenvalue weighted by Crippen LogP contribution is 2.14. The summed E-state index contributed by atoms with van der Waals surface area (Å²) in [7, 11) is 0. The minimum absolute atomic E-state index is 0.294. The van der Waals surface area contributed by atoms with Gasteiger partial charge in [-0.3, -0.25) is 0 Å². The second kappa shape index (κ2) is 3.17. The number of rotatable bonds is 2. The maximum atomic E-state index is 12.9. The summed E-state index contributed by atoms with van der Waals surface area (Å²) in [6.07, 6.45) is 1.31. The molecule has 0 aliphatic carbocycles. The van der Waals surface area contributed by atoms with Gasteiger partial charge in [-0.2, -0.15) is 0 Å². The summed E-state index contributed by atoms with van der Waals surface area (Å²) >= 11 is 0. The molecule has 0 aromatic heterocycles. The molecular weight excluding hydrogens is 159 g/mol. The third kappa shape index (κ3) is 1.34. The average Bonchev–Trinajstić information content (AvgIpc) is 2.03. The van der Waals surface area contributed by atoms with Gasteiger partial charge in [-0.1, -0.05) is 24.8 Å². The molecule has 0 amide bonds. The molecule has 3 heteroatoms. The van der Waals surface area contributed by atoms with Crippen molar-refractivity contribution in [3.05, 3.63) is 41.7 Å². The monoisotopic (exact) mass is 166 g/mol. The van der Waals surface area contributed by atoms with E-state index in [0.29, 0.717) is 5.56 Å². The van der Waals surface area contributed by atoms with Gasteiger partial charge in [0.25, 0.3) is 0 Å². The Hall–Kier alpha value is -1.64. The van der Waals surface area contributed by atoms with E-state index < -0.39 is 11.8 Å². The first kappa shape index (κ1) is 8.46. The van der Waals surface area contributed by atoms with Crippen molar-refractivity contribution >= 4 is 12.0 Å². The standard InChI is InChI=1S/C9H7FO2/c1-2-6-4-3-5-7(10)8(6)9(11)12/h2-5H,1H2,(H,11,12). The van der Waals surface area contributed by atoms with Gasteiger partial charge in [0, 0.05) is 0 Å². The maximum absolute atomic E-state index is 12.9. The highest BCUT2D eigenvalue weighted by molar-refractivity contribution is 5.92. The van der Waals surface area contributed by atoms with Crippen molar-refractivity contribution in [2.24, 2.45) is 0 Å². The van der Waals surface area contributed by atoms with Crippen molar-refractivity contribution < 1.29 is 14.3 Å². The van der Waals surface area contributed by atoms with E-state index in [1.54, 1.807) is 0 Å². The molecule has 0 saturated carbocycles. The molecule has 0 aliphatic heterocycles. The zero-order valence-electron chi connectivity index (χ0n) is 6.25. The molecule has 0 saturated heterocycles. The normalized spacial score (nSPS) is 9.42. The van der Waals surface area contributed by atoms with E-state index in [1.807, 2.05) is 0 Å². The highest BCUT2D eigenvalue weighted by Gasteiger charge is 2.12. The van der Waals surface area contributed by atoms with Gasteiger partial charge in [0.1, 0.15) is 11.4 Å². The molecule has 0 atom stereocenters. The van der Waals surface area contributed by atoms with Gasteiger partial charge in [-0.15, -0.1) is 0 Å². The fourth-order valence-corrected chi connectivity index (χ4v) is 0.937. The molecule has 12 heavy (non-hydrogen) atoms. The summed E-state index contributed by atoms with van der Waals surface area (Å²) in [5.74, 6) is -2.01. The third-order valence-electron chi connectivity index (χ3n) is 1.48. The summed E-state index contributed by atoms with van der Waals surface area (Å²) in [4.78, 5) is 10.5. The van der Waals surface area contributed by atoms with Crippen molar-refractivity contribution in [3.63, 3.8) is 0 Å². The van der Waals surface area contributed by atoms with E-state index in [2.05, 4.69) is 6.58 Å². The lowest BCUT2D eigenvalue weighted by Crippen LogP contribution is -2.02. The highest BCUT2D eigenvalue weighted by atomic mass is 19.1. The van der Waals surface area contributed by atoms with Crippen LogP contribution in [-0.2, 0) is 0 Å². The molecule has 0 heterocycles. The Labute approximate surface area is 69.0 Å². The van der Waals surface area contributed by atoms with Gasteiger partial charge in [0.05, 0.1) is 0 Å². The summed E-state index contributed by atoms with van der Waals surface area (Å²) < 4.78 is 12.9. The van der Waals surface area contributed by atoms with Crippen molar-refractivity contribution in [2.75, 3.05) is 0 Å². The zero-order valence-corrected chi connectivity index (χ0v) is 6.25. The molecule has 0 unspecified atom stereocenters. The fraction of sp³-hybridized carbons (Fsp3) is 0. The van der Waals surface area contributed by atoms with Crippen LogP contribution < -0.4 is 0 Å². The van der Waals surface area contributed by atoms with E-state index >= 15 is 0 Å². The van der Waals surface area contributed by atoms with Crippen LogP contribution in [0, 0.1) is 5.82 Å². The minimum Gasteiger partial charge on any atom is -0.478 e. The van der Waals surface area contributed by atoms with E-state index in [-0.39, 0.29) is 5.56 Å². The first-order valence-electron chi connectivity index (χ1n) is 3.31. The van der Waals surface area contributed by atoms with Crippen LogP contribution in [0.1, 0.15) is 15.9 Å². The van der Waals surface area contributed by atoms with E-state index in [1.165, 1.54) is 18.2 Å². The second-order valence-corrected chi connectivity index (χ2v) is 2.21. The molecule has 0 aliphatic rings. The lowest BCUT2D eigenvalue weighted by Gasteiger charge is -2.00. The summed E-state index contributed by atoms with van der Waals surface area (Å²) in [6.45, 7) is 3.39. The van der Waals surface area contributed by atoms with E-state index in [4.69, 9.17) is 5.11 Å². The first-order chi connectivity index (χ1) is 5.66. The van der Waals surface area contributed by atoms with Crippen LogP contribution in [0.3, 0.4) is 0 Å². The van der Waals surface area contributed by atoms with Gasteiger partial charge in [0.2, 0.25) is 0 Å². The summed E-state index contributed by atoms with van der Waals surface area (Å²) in [5.41, 5.74) is -0.0324. The molecule has 2 nitrogen and oxygen atoms in total. The van der Waals surface area contributed by atoms with Crippen molar-refractivity contribution in [1.29, 1.82) is 0 Å². The molecule has 1 rings (SSSR count). The number of hydrogen-bond acceptors (Lipinski definition) is 1. The smallest absolute Gasteiger partial charge is 0.339 e. The number of aromatic carboxylic acids is 1. The Morgan fingerprint density at radius 1 is 1.58 bits per heavy atom. The summed E-state index contributed by atoms with van der Waals surface area (Å²) in [5, 5.41) is 8.59. The van der Waals surface area contributed by atoms with E-state index in [0.717, 1.165) is 6.07 Å². The topological polar surface area (TPSA) is 37.3 Å². The number of halogens is 1. The quantitative estimate of drug-likeness (QED) is 0.730. The van der Waals surface area contributed by atoms with Gasteiger partial charge < -0.3 is 5.11 Å². The second-order valence-electron chi connectivity index (χ2n) is 2.21. The average molecular weight is 166 g/mol. The Balaban J connectivity index is 3.39. The Morgan fingerprint density at radius 3 is 2.67 bits per heavy atom. The molecule has 62 valence electrons. The molecule has 0 radical (unpaired) electrons. The molecule has 0 bridgehead atoms. The minimum atomic E-state index is -1.27. The predicted molar refractivity (Wildman–Crippen MR) is 43.5 cm³/mol. The summed E-state index contributed by atoms with van der Waals surface area (Å²) in [6, 6.07) is 4.05. The Kier molecular flexibility index (Phi) is 2.24. The molecular formula is C9H7FO2. The molecule has 0 spiro atoms. The Morgan fingerprint density at radius 2 is 2.25 bits per heavy atom. The van der Waals surface area contributed by atoms with Crippen LogP contribution >= 0.6 is 0 Å². The van der Waals surface area contributed by atoms with Crippen LogP contribution in [0.25, 0.3) is 6.08 Å². The van der Waals surface area contributed by atoms with Crippen LogP contribution in [0.15, 0.2) is 24.8 Å². The number of benzene rings is 1. The lowest BCUT2D eigenvalue weighted by molar-refractivity contribution is 0.0691. The number of hydrogen-bond donors (Lipinski definition) is 1. The molecule has 1 aromatic carbocycles. The maximum Gasteiger partial charge on any atom is 0.339 e. The van der Waals surface area contributed by atoms with Gasteiger partial charge >= 0.3 is 5.97 Å². The SMILES string of the molecule is C=Cc1cccc(F)c1C(=O)O. The molecule has 1 aromatic rings. The van der Waals surface area contributed by atoms with Gasteiger partial charge in [0.15, 0.2) is 0 Å². The fourth-order valence-electron chi connectivity index (χ4n) is 0.937. The van der Waals surface area contributed by atoms with Crippen molar-refractivity contribution in [2.45, 2.75) is 0 Å². The largest absolute Gasteiger partial charge is 0.478 e. The third-order valence-corrected chi connectivity index (χ3v) is 1.48. The zero-order chi connectivity index (χ0) is 9.14. The van der Waals surface area contributed by atoms with Crippen molar-refractivity contribution in [1.82, 2.24) is 0 Å².